The standard InChI is InChI=1S/C32H34F4N6O4S/c1-42(16-17-45-2)23-11-9-22(10-12-23)39-32-38-15-13-26(40-32)24-4-3-14-37-31(24)46-27-18-25(34)30(29(36)28(27)35)41-47(43,44)19-20-5-7-21(33)8-6-20/h3-8,13-15,18,22-23,41H,9-12,16-17,19H2,1-2H3,(H,38,39,40)/t22-,23-. The van der Waals surface area contributed by atoms with Gasteiger partial charge in [-0.1, -0.05) is 12.1 Å². The molecule has 10 nitrogen and oxygen atoms in total. The number of benzene rings is 2. The summed E-state index contributed by atoms with van der Waals surface area (Å²) in [5.41, 5.74) is -0.406. The monoisotopic (exact) mass is 674 g/mol. The van der Waals surface area contributed by atoms with Crippen LogP contribution in [0.25, 0.3) is 11.3 Å². The smallest absolute Gasteiger partial charge is 0.237 e. The maximum Gasteiger partial charge on any atom is 0.237 e. The molecule has 15 heteroatoms. The third-order valence-corrected chi connectivity index (χ3v) is 9.09. The van der Waals surface area contributed by atoms with Gasteiger partial charge in [0.25, 0.3) is 0 Å². The fraction of sp³-hybridized carbons (Fsp3) is 0.344. The normalized spacial score (nSPS) is 16.7. The van der Waals surface area contributed by atoms with E-state index < -0.39 is 50.5 Å². The van der Waals surface area contributed by atoms with E-state index in [4.69, 9.17) is 9.47 Å². The molecule has 2 N–H and O–H groups in total. The number of likely N-dealkylation sites (N-methyl/N-ethyl adjacent to an activating group) is 1. The Bertz CT molecular complexity index is 1790. The molecule has 0 unspecified atom stereocenters. The van der Waals surface area contributed by atoms with Crippen molar-refractivity contribution >= 4 is 21.7 Å². The van der Waals surface area contributed by atoms with Gasteiger partial charge < -0.3 is 19.7 Å². The summed E-state index contributed by atoms with van der Waals surface area (Å²) < 4.78 is 95.9. The summed E-state index contributed by atoms with van der Waals surface area (Å²) in [6, 6.07) is 10.4. The van der Waals surface area contributed by atoms with E-state index >= 15 is 13.2 Å². The van der Waals surface area contributed by atoms with Crippen molar-refractivity contribution in [3.05, 3.63) is 89.8 Å². The van der Waals surface area contributed by atoms with E-state index in [1.165, 1.54) is 18.3 Å². The Kier molecular flexibility index (Phi) is 10.9. The first-order valence-electron chi connectivity index (χ1n) is 14.9. The average molecular weight is 675 g/mol. The molecular weight excluding hydrogens is 640 g/mol. The molecule has 2 heterocycles. The molecule has 1 saturated carbocycles. The summed E-state index contributed by atoms with van der Waals surface area (Å²) in [4.78, 5) is 15.3. The molecular formula is C32H34F4N6O4S. The lowest BCUT2D eigenvalue weighted by Crippen LogP contribution is -2.39. The van der Waals surface area contributed by atoms with Gasteiger partial charge in [-0.2, -0.15) is 4.39 Å². The average Bonchev–Trinajstić information content (AvgIpc) is 3.06. The fourth-order valence-corrected chi connectivity index (χ4v) is 6.55. The number of pyridine rings is 1. The number of nitrogens with one attached hydrogen (secondary N) is 2. The highest BCUT2D eigenvalue weighted by atomic mass is 32.2. The molecule has 5 rings (SSSR count). The Morgan fingerprint density at radius 3 is 2.43 bits per heavy atom. The van der Waals surface area contributed by atoms with Crippen LogP contribution >= 0.6 is 0 Å². The number of sulfonamides is 1. The predicted octanol–water partition coefficient (Wildman–Crippen LogP) is 6.13. The van der Waals surface area contributed by atoms with Crippen molar-refractivity contribution in [3.63, 3.8) is 0 Å². The highest BCUT2D eigenvalue weighted by Gasteiger charge is 2.26. The van der Waals surface area contributed by atoms with Gasteiger partial charge in [0.2, 0.25) is 27.7 Å². The topological polar surface area (TPSA) is 119 Å². The van der Waals surface area contributed by atoms with Crippen molar-refractivity contribution in [2.75, 3.05) is 37.3 Å². The van der Waals surface area contributed by atoms with Gasteiger partial charge in [-0.05, 0) is 68.6 Å². The van der Waals surface area contributed by atoms with Crippen LogP contribution in [-0.2, 0) is 20.5 Å². The Balaban J connectivity index is 1.29. The first-order chi connectivity index (χ1) is 22.5. The predicted molar refractivity (Wildman–Crippen MR) is 168 cm³/mol. The summed E-state index contributed by atoms with van der Waals surface area (Å²) in [6.07, 6.45) is 6.75. The molecule has 0 spiro atoms. The number of nitrogens with zero attached hydrogens (tertiary/aromatic N) is 4. The van der Waals surface area contributed by atoms with Crippen molar-refractivity contribution < 1.29 is 35.5 Å². The molecule has 47 heavy (non-hydrogen) atoms. The molecule has 4 aromatic rings. The van der Waals surface area contributed by atoms with Crippen LogP contribution in [0, 0.1) is 23.3 Å². The van der Waals surface area contributed by atoms with Gasteiger partial charge in [-0.15, -0.1) is 0 Å². The Morgan fingerprint density at radius 2 is 1.70 bits per heavy atom. The lowest BCUT2D eigenvalue weighted by atomic mass is 9.90. The van der Waals surface area contributed by atoms with E-state index in [2.05, 4.69) is 32.2 Å². The molecule has 2 aromatic heterocycles. The van der Waals surface area contributed by atoms with Crippen molar-refractivity contribution in [2.24, 2.45) is 0 Å². The number of ether oxygens (including phenoxy) is 2. The van der Waals surface area contributed by atoms with Crippen LogP contribution in [0.2, 0.25) is 0 Å². The molecule has 1 aliphatic carbocycles. The van der Waals surface area contributed by atoms with E-state index in [0.717, 1.165) is 44.4 Å². The van der Waals surface area contributed by atoms with Crippen LogP contribution < -0.4 is 14.8 Å². The van der Waals surface area contributed by atoms with Crippen molar-refractivity contribution in [3.8, 4) is 22.9 Å². The first-order valence-corrected chi connectivity index (χ1v) is 16.5. The Labute approximate surface area is 270 Å². The quantitative estimate of drug-likeness (QED) is 0.128. The number of methoxy groups -OCH3 is 1. The SMILES string of the molecule is COCCN(C)[C@H]1CC[C@H](Nc2nccc(-c3cccnc3Oc3cc(F)c(NS(=O)(=O)Cc4ccc(F)cc4)c(F)c3F)n2)CC1. The van der Waals surface area contributed by atoms with Gasteiger partial charge >= 0.3 is 0 Å². The van der Waals surface area contributed by atoms with Gasteiger partial charge in [0, 0.05) is 44.2 Å². The largest absolute Gasteiger partial charge is 0.435 e. The number of rotatable bonds is 13. The van der Waals surface area contributed by atoms with Gasteiger partial charge in [0.15, 0.2) is 17.4 Å². The summed E-state index contributed by atoms with van der Waals surface area (Å²) in [5.74, 6) is -6.88. The highest BCUT2D eigenvalue weighted by molar-refractivity contribution is 7.91. The number of hydrogen-bond donors (Lipinski definition) is 2. The minimum absolute atomic E-state index is 0.153. The molecule has 0 radical (unpaired) electrons. The molecule has 0 amide bonds. The molecule has 1 fully saturated rings. The Hall–Kier alpha value is -4.34. The molecule has 1 aliphatic rings. The van der Waals surface area contributed by atoms with Gasteiger partial charge in [0.05, 0.1) is 23.6 Å². The van der Waals surface area contributed by atoms with E-state index in [1.54, 1.807) is 36.2 Å². The van der Waals surface area contributed by atoms with Crippen LogP contribution in [0.15, 0.2) is 60.9 Å². The van der Waals surface area contributed by atoms with E-state index in [9.17, 15) is 12.8 Å². The van der Waals surface area contributed by atoms with E-state index in [-0.39, 0.29) is 17.5 Å². The number of anilines is 2. The third-order valence-electron chi connectivity index (χ3n) is 7.86. The van der Waals surface area contributed by atoms with Crippen LogP contribution in [0.5, 0.6) is 11.6 Å². The van der Waals surface area contributed by atoms with Crippen molar-refractivity contribution in [2.45, 2.75) is 43.5 Å². The van der Waals surface area contributed by atoms with Crippen LogP contribution in [0.3, 0.4) is 0 Å². The lowest BCUT2D eigenvalue weighted by molar-refractivity contribution is 0.121. The van der Waals surface area contributed by atoms with Crippen LogP contribution in [0.1, 0.15) is 31.2 Å². The molecule has 0 saturated heterocycles. The fourth-order valence-electron chi connectivity index (χ4n) is 5.34. The van der Waals surface area contributed by atoms with Crippen LogP contribution in [0.4, 0.5) is 29.2 Å². The zero-order chi connectivity index (χ0) is 33.6. The first kappa shape index (κ1) is 34.0. The second-order valence-electron chi connectivity index (χ2n) is 11.2. The van der Waals surface area contributed by atoms with Gasteiger partial charge in [-0.25, -0.2) is 36.5 Å². The summed E-state index contributed by atoms with van der Waals surface area (Å²) in [7, 11) is -0.615. The second kappa shape index (κ2) is 15.0. The number of aromatic nitrogens is 3. The summed E-state index contributed by atoms with van der Waals surface area (Å²) in [6.45, 7) is 1.55. The third kappa shape index (κ3) is 8.73. The molecule has 0 bridgehead atoms. The Morgan fingerprint density at radius 1 is 0.957 bits per heavy atom. The minimum Gasteiger partial charge on any atom is -0.435 e. The maximum atomic E-state index is 15.2. The van der Waals surface area contributed by atoms with Gasteiger partial charge in [-0.3, -0.25) is 4.72 Å². The summed E-state index contributed by atoms with van der Waals surface area (Å²) >= 11 is 0. The lowest BCUT2D eigenvalue weighted by Gasteiger charge is -2.34. The molecule has 0 atom stereocenters. The zero-order valence-electron chi connectivity index (χ0n) is 25.7. The van der Waals surface area contributed by atoms with E-state index in [0.29, 0.717) is 35.9 Å². The molecule has 0 aliphatic heterocycles. The van der Waals surface area contributed by atoms with E-state index in [1.807, 2.05) is 0 Å². The van der Waals surface area contributed by atoms with Gasteiger partial charge in [0.1, 0.15) is 11.5 Å². The molecule has 250 valence electrons. The van der Waals surface area contributed by atoms with Crippen LogP contribution in [-0.4, -0.2) is 67.7 Å². The van der Waals surface area contributed by atoms with Crippen molar-refractivity contribution in [1.29, 1.82) is 0 Å². The highest BCUT2D eigenvalue weighted by Crippen LogP contribution is 2.36. The molecule has 2 aromatic carbocycles. The zero-order valence-corrected chi connectivity index (χ0v) is 26.5. The second-order valence-corrected chi connectivity index (χ2v) is 12.9. The minimum atomic E-state index is -4.40. The van der Waals surface area contributed by atoms with Crippen molar-refractivity contribution in [1.82, 2.24) is 19.9 Å². The number of halogens is 4. The summed E-state index contributed by atoms with van der Waals surface area (Å²) in [5, 5.41) is 3.37. The number of hydrogen-bond acceptors (Lipinski definition) is 9. The maximum absolute atomic E-state index is 15.2.